The lowest BCUT2D eigenvalue weighted by molar-refractivity contribution is 0.127. The molecule has 7 nitrogen and oxygen atoms in total. The first-order valence-electron chi connectivity index (χ1n) is 10.8. The Morgan fingerprint density at radius 2 is 1.97 bits per heavy atom. The molecule has 0 aromatic heterocycles. The predicted octanol–water partition coefficient (Wildman–Crippen LogP) is 1.15. The van der Waals surface area contributed by atoms with E-state index in [1.165, 1.54) is 5.69 Å². The van der Waals surface area contributed by atoms with Crippen molar-refractivity contribution in [1.29, 1.82) is 0 Å². The molecule has 2 aliphatic heterocycles. The molecule has 7 heteroatoms. The van der Waals surface area contributed by atoms with Gasteiger partial charge in [-0.05, 0) is 31.9 Å². The van der Waals surface area contributed by atoms with Gasteiger partial charge in [0, 0.05) is 76.7 Å². The van der Waals surface area contributed by atoms with Crippen molar-refractivity contribution in [2.24, 2.45) is 10.4 Å². The van der Waals surface area contributed by atoms with E-state index in [0.29, 0.717) is 12.6 Å². The Balaban J connectivity index is 1.40. The van der Waals surface area contributed by atoms with Crippen molar-refractivity contribution in [3.8, 4) is 0 Å². The summed E-state index contributed by atoms with van der Waals surface area (Å²) in [5.41, 5.74) is 1.33. The molecule has 1 aromatic carbocycles. The molecule has 0 spiro atoms. The number of piperazine rings is 1. The van der Waals surface area contributed by atoms with Crippen LogP contribution in [0.15, 0.2) is 35.3 Å². The van der Waals surface area contributed by atoms with E-state index in [-0.39, 0.29) is 12.0 Å². The fourth-order valence-electron chi connectivity index (χ4n) is 4.24. The van der Waals surface area contributed by atoms with Gasteiger partial charge in [-0.1, -0.05) is 18.2 Å². The molecule has 29 heavy (non-hydrogen) atoms. The van der Waals surface area contributed by atoms with Crippen molar-refractivity contribution >= 4 is 11.6 Å². The molecule has 2 aliphatic rings. The minimum Gasteiger partial charge on any atom is -0.396 e. The van der Waals surface area contributed by atoms with Crippen LogP contribution in [0.5, 0.6) is 0 Å². The van der Waals surface area contributed by atoms with Gasteiger partial charge >= 0.3 is 0 Å². The number of guanidine groups is 1. The number of aliphatic imine (C=N–C) groups is 1. The first-order valence-corrected chi connectivity index (χ1v) is 10.8. The number of rotatable bonds is 8. The van der Waals surface area contributed by atoms with E-state index >= 15 is 0 Å². The topological polar surface area (TPSA) is 72.4 Å². The highest BCUT2D eigenvalue weighted by molar-refractivity contribution is 5.79. The number of aliphatic hydroxyl groups excluding tert-OH is 1. The summed E-state index contributed by atoms with van der Waals surface area (Å²) in [7, 11) is 1.81. The van der Waals surface area contributed by atoms with Gasteiger partial charge < -0.3 is 25.4 Å². The first kappa shape index (κ1) is 21.9. The molecule has 2 fully saturated rings. The van der Waals surface area contributed by atoms with Crippen LogP contribution >= 0.6 is 0 Å². The molecule has 0 saturated carbocycles. The summed E-state index contributed by atoms with van der Waals surface area (Å²) >= 11 is 0. The summed E-state index contributed by atoms with van der Waals surface area (Å²) in [4.78, 5) is 9.37. The number of benzene rings is 1. The lowest BCUT2D eigenvalue weighted by Crippen LogP contribution is -2.53. The quantitative estimate of drug-likeness (QED) is 0.447. The smallest absolute Gasteiger partial charge is 0.191 e. The Morgan fingerprint density at radius 3 is 2.59 bits per heavy atom. The molecular formula is C22H37N5O2. The fourth-order valence-corrected chi connectivity index (χ4v) is 4.24. The molecule has 0 bridgehead atoms. The van der Waals surface area contributed by atoms with Gasteiger partial charge in [-0.2, -0.15) is 0 Å². The zero-order valence-electron chi connectivity index (χ0n) is 17.9. The van der Waals surface area contributed by atoms with E-state index in [2.05, 4.69) is 62.7 Å². The van der Waals surface area contributed by atoms with Crippen LogP contribution in [-0.2, 0) is 4.74 Å². The number of anilines is 1. The number of para-hydroxylation sites is 1. The van der Waals surface area contributed by atoms with Crippen molar-refractivity contribution in [2.45, 2.75) is 25.8 Å². The van der Waals surface area contributed by atoms with Crippen molar-refractivity contribution < 1.29 is 9.84 Å². The van der Waals surface area contributed by atoms with Crippen LogP contribution < -0.4 is 15.5 Å². The third-order valence-corrected chi connectivity index (χ3v) is 6.31. The second kappa shape index (κ2) is 10.8. The summed E-state index contributed by atoms with van der Waals surface area (Å²) in [5, 5.41) is 16.3. The van der Waals surface area contributed by atoms with Gasteiger partial charge in [0.15, 0.2) is 5.96 Å². The highest BCUT2D eigenvalue weighted by Crippen LogP contribution is 2.31. The van der Waals surface area contributed by atoms with Gasteiger partial charge in [0.05, 0.1) is 6.61 Å². The number of nitrogens with zero attached hydrogens (tertiary/aromatic N) is 3. The van der Waals surface area contributed by atoms with Crippen LogP contribution in [0.3, 0.4) is 0 Å². The molecule has 3 rings (SSSR count). The molecule has 2 atom stereocenters. The van der Waals surface area contributed by atoms with E-state index in [4.69, 9.17) is 4.74 Å². The number of nitrogens with one attached hydrogen (secondary N) is 2. The molecule has 3 N–H and O–H groups in total. The average molecular weight is 404 g/mol. The highest BCUT2D eigenvalue weighted by atomic mass is 16.5. The lowest BCUT2D eigenvalue weighted by atomic mass is 9.84. The SMILES string of the molecule is CN=C(NCC(C)N1CCN(c2ccccc2)CC1)NCC1(CCO)CCOC1. The Bertz CT molecular complexity index is 625. The van der Waals surface area contributed by atoms with Gasteiger partial charge in [-0.15, -0.1) is 0 Å². The summed E-state index contributed by atoms with van der Waals surface area (Å²) < 4.78 is 5.58. The number of hydrogen-bond donors (Lipinski definition) is 3. The first-order chi connectivity index (χ1) is 14.2. The summed E-state index contributed by atoms with van der Waals surface area (Å²) in [5.74, 6) is 0.823. The second-order valence-electron chi connectivity index (χ2n) is 8.29. The lowest BCUT2D eigenvalue weighted by Gasteiger charge is -2.39. The van der Waals surface area contributed by atoms with Gasteiger partial charge in [-0.25, -0.2) is 0 Å². The van der Waals surface area contributed by atoms with E-state index in [1.807, 2.05) is 7.05 Å². The maximum atomic E-state index is 9.39. The molecule has 162 valence electrons. The van der Waals surface area contributed by atoms with Gasteiger partial charge in [-0.3, -0.25) is 9.89 Å². The largest absolute Gasteiger partial charge is 0.396 e. The molecule has 0 radical (unpaired) electrons. The minimum absolute atomic E-state index is 0.0196. The average Bonchev–Trinajstić information content (AvgIpc) is 3.23. The Kier molecular flexibility index (Phi) is 8.15. The van der Waals surface area contributed by atoms with Crippen molar-refractivity contribution in [3.05, 3.63) is 30.3 Å². The Hall–Kier alpha value is -1.83. The monoisotopic (exact) mass is 403 g/mol. The number of ether oxygens (including phenoxy) is 1. The van der Waals surface area contributed by atoms with Gasteiger partial charge in [0.1, 0.15) is 0 Å². The van der Waals surface area contributed by atoms with Gasteiger partial charge in [0.25, 0.3) is 0 Å². The zero-order chi connectivity index (χ0) is 20.5. The Labute approximate surface area is 175 Å². The summed E-state index contributed by atoms with van der Waals surface area (Å²) in [6.45, 7) is 9.85. The standard InChI is InChI=1S/C22H37N5O2/c1-19(26-10-12-27(13-11-26)20-6-4-3-5-7-20)16-24-21(23-2)25-17-22(8-14-28)9-15-29-18-22/h3-7,19,28H,8-18H2,1-2H3,(H2,23,24,25). The summed E-state index contributed by atoms with van der Waals surface area (Å²) in [6, 6.07) is 11.1. The van der Waals surface area contributed by atoms with Gasteiger partial charge in [0.2, 0.25) is 0 Å². The Morgan fingerprint density at radius 1 is 1.21 bits per heavy atom. The number of aliphatic hydroxyl groups is 1. The normalized spacial score (nSPS) is 24.5. The van der Waals surface area contributed by atoms with E-state index in [0.717, 1.165) is 64.7 Å². The van der Waals surface area contributed by atoms with E-state index in [9.17, 15) is 5.11 Å². The molecule has 0 aliphatic carbocycles. The van der Waals surface area contributed by atoms with Crippen LogP contribution in [0.1, 0.15) is 19.8 Å². The van der Waals surface area contributed by atoms with Crippen molar-refractivity contribution in [1.82, 2.24) is 15.5 Å². The molecule has 2 heterocycles. The molecule has 2 unspecified atom stereocenters. The van der Waals surface area contributed by atoms with Crippen molar-refractivity contribution in [3.63, 3.8) is 0 Å². The number of hydrogen-bond acceptors (Lipinski definition) is 5. The van der Waals surface area contributed by atoms with E-state index in [1.54, 1.807) is 0 Å². The van der Waals surface area contributed by atoms with Crippen molar-refractivity contribution in [2.75, 3.05) is 71.0 Å². The highest BCUT2D eigenvalue weighted by Gasteiger charge is 2.34. The predicted molar refractivity (Wildman–Crippen MR) is 119 cm³/mol. The third kappa shape index (κ3) is 6.07. The minimum atomic E-state index is 0.0196. The summed E-state index contributed by atoms with van der Waals surface area (Å²) in [6.07, 6.45) is 1.75. The molecule has 0 amide bonds. The second-order valence-corrected chi connectivity index (χ2v) is 8.29. The maximum absolute atomic E-state index is 9.39. The molecular weight excluding hydrogens is 366 g/mol. The zero-order valence-corrected chi connectivity index (χ0v) is 17.9. The molecule has 2 saturated heterocycles. The third-order valence-electron chi connectivity index (χ3n) is 6.31. The van der Waals surface area contributed by atoms with Crippen LogP contribution in [0.4, 0.5) is 5.69 Å². The van der Waals surface area contributed by atoms with Crippen LogP contribution in [0.2, 0.25) is 0 Å². The fraction of sp³-hybridized carbons (Fsp3) is 0.682. The van der Waals surface area contributed by atoms with Crippen LogP contribution in [0, 0.1) is 5.41 Å². The molecule has 1 aromatic rings. The maximum Gasteiger partial charge on any atom is 0.191 e. The van der Waals surface area contributed by atoms with Crippen LogP contribution in [-0.4, -0.2) is 88.1 Å². The van der Waals surface area contributed by atoms with Crippen LogP contribution in [0.25, 0.3) is 0 Å². The van der Waals surface area contributed by atoms with E-state index < -0.39 is 0 Å².